The lowest BCUT2D eigenvalue weighted by Crippen LogP contribution is -2.27. The summed E-state index contributed by atoms with van der Waals surface area (Å²) < 4.78 is 73.0. The Bertz CT molecular complexity index is 639. The lowest BCUT2D eigenvalue weighted by molar-refractivity contribution is -0.128. The van der Waals surface area contributed by atoms with Crippen molar-refractivity contribution < 1.29 is 30.3 Å². The van der Waals surface area contributed by atoms with Gasteiger partial charge in [0.05, 0.1) is 0 Å². The second kappa shape index (κ2) is 5.04. The molecule has 1 aromatic rings. The van der Waals surface area contributed by atoms with Crippen LogP contribution in [0.1, 0.15) is 12.0 Å². The zero-order valence-corrected chi connectivity index (χ0v) is 10.8. The van der Waals surface area contributed by atoms with Gasteiger partial charge in [0.2, 0.25) is 5.91 Å². The molecule has 1 aliphatic heterocycles. The number of likely N-dealkylation sites (tertiary alicyclic amines) is 1. The number of amides is 1. The van der Waals surface area contributed by atoms with E-state index >= 15 is 0 Å². The molecule has 0 aromatic heterocycles. The van der Waals surface area contributed by atoms with Gasteiger partial charge in [-0.3, -0.25) is 4.79 Å². The third kappa shape index (κ3) is 2.92. The Kier molecular flexibility index (Phi) is 3.72. The highest BCUT2D eigenvalue weighted by molar-refractivity contribution is 7.87. The van der Waals surface area contributed by atoms with E-state index in [0.717, 1.165) is 4.90 Å². The molecule has 4 nitrogen and oxygen atoms in total. The number of benzene rings is 1. The first-order valence-corrected chi connectivity index (χ1v) is 6.98. The fraction of sp³-hybridized carbons (Fsp3) is 0.364. The Morgan fingerprint density at radius 2 is 1.75 bits per heavy atom. The fourth-order valence-electron chi connectivity index (χ4n) is 2.00. The first kappa shape index (κ1) is 14.8. The lowest BCUT2D eigenvalue weighted by Gasteiger charge is -2.16. The van der Waals surface area contributed by atoms with Gasteiger partial charge in [0.1, 0.15) is 5.25 Å². The van der Waals surface area contributed by atoms with Crippen LogP contribution < -0.4 is 0 Å². The first-order chi connectivity index (χ1) is 9.18. The average Bonchev–Trinajstić information content (AvgIpc) is 2.68. The third-order valence-electron chi connectivity index (χ3n) is 2.99. The number of hydrogen-bond donors (Lipinski definition) is 0. The Morgan fingerprint density at radius 1 is 1.20 bits per heavy atom. The fourth-order valence-corrected chi connectivity index (χ4v) is 2.70. The van der Waals surface area contributed by atoms with E-state index in [0.29, 0.717) is 12.1 Å². The van der Waals surface area contributed by atoms with Crippen molar-refractivity contribution in [2.24, 2.45) is 0 Å². The van der Waals surface area contributed by atoms with Crippen molar-refractivity contribution in [1.82, 2.24) is 4.90 Å². The molecule has 0 aliphatic carbocycles. The van der Waals surface area contributed by atoms with Crippen molar-refractivity contribution in [3.05, 3.63) is 35.1 Å². The predicted octanol–water partition coefficient (Wildman–Crippen LogP) is 1.50. The molecular formula is C11H9F4NO3S. The summed E-state index contributed by atoms with van der Waals surface area (Å²) in [4.78, 5) is 12.5. The Hall–Kier alpha value is -1.64. The number of carbonyl (C=O) groups excluding carboxylic acids is 1. The maximum Gasteiger partial charge on any atom is 0.307 e. The minimum Gasteiger partial charge on any atom is -0.337 e. The summed E-state index contributed by atoms with van der Waals surface area (Å²) in [6.07, 6.45) is -0.523. The number of halogens is 4. The summed E-state index contributed by atoms with van der Waals surface area (Å²) in [6.45, 7) is -0.725. The number of carbonyl (C=O) groups is 1. The molecule has 2 rings (SSSR count). The van der Waals surface area contributed by atoms with Gasteiger partial charge >= 0.3 is 10.2 Å². The quantitative estimate of drug-likeness (QED) is 0.483. The van der Waals surface area contributed by atoms with E-state index in [4.69, 9.17) is 0 Å². The van der Waals surface area contributed by atoms with Crippen molar-refractivity contribution in [3.8, 4) is 0 Å². The summed E-state index contributed by atoms with van der Waals surface area (Å²) in [5, 5.41) is -1.48. The number of rotatable bonds is 3. The second-order valence-corrected chi connectivity index (χ2v) is 6.07. The standard InChI is InChI=1S/C11H9F4NO3S/c12-8-1-6(2-9(13)11(8)14)4-16-5-7(3-10(16)17)20(15,18)19/h1-2,7H,3-5H2. The molecule has 0 N–H and O–H groups in total. The van der Waals surface area contributed by atoms with Crippen LogP contribution in [0.2, 0.25) is 0 Å². The van der Waals surface area contributed by atoms with E-state index in [-0.39, 0.29) is 12.1 Å². The van der Waals surface area contributed by atoms with Crippen LogP contribution >= 0.6 is 0 Å². The molecule has 1 fully saturated rings. The molecule has 1 amide bonds. The number of hydrogen-bond acceptors (Lipinski definition) is 3. The van der Waals surface area contributed by atoms with Crippen LogP contribution in [-0.2, 0) is 21.6 Å². The summed E-state index contributed by atoms with van der Waals surface area (Å²) >= 11 is 0. The molecule has 110 valence electrons. The minimum absolute atomic E-state index is 0.0494. The van der Waals surface area contributed by atoms with Gasteiger partial charge < -0.3 is 4.90 Å². The third-order valence-corrected chi connectivity index (χ3v) is 4.11. The molecule has 0 saturated carbocycles. The second-order valence-electron chi connectivity index (χ2n) is 4.45. The highest BCUT2D eigenvalue weighted by Crippen LogP contribution is 2.22. The van der Waals surface area contributed by atoms with Crippen molar-refractivity contribution >= 4 is 16.1 Å². The van der Waals surface area contributed by atoms with E-state index in [2.05, 4.69) is 0 Å². The van der Waals surface area contributed by atoms with Gasteiger partial charge in [-0.2, -0.15) is 8.42 Å². The van der Waals surface area contributed by atoms with Gasteiger partial charge in [-0.15, -0.1) is 3.89 Å². The van der Waals surface area contributed by atoms with Crippen LogP contribution in [-0.4, -0.2) is 31.0 Å². The molecule has 1 atom stereocenters. The minimum atomic E-state index is -4.85. The van der Waals surface area contributed by atoms with Gasteiger partial charge in [0, 0.05) is 19.5 Å². The van der Waals surface area contributed by atoms with Crippen LogP contribution in [0.5, 0.6) is 0 Å². The molecule has 0 spiro atoms. The van der Waals surface area contributed by atoms with Crippen LogP contribution in [0.15, 0.2) is 12.1 Å². The highest BCUT2D eigenvalue weighted by atomic mass is 32.3. The van der Waals surface area contributed by atoms with Crippen molar-refractivity contribution in [3.63, 3.8) is 0 Å². The maximum absolute atomic E-state index is 13.0. The Morgan fingerprint density at radius 3 is 2.20 bits per heavy atom. The summed E-state index contributed by atoms with van der Waals surface area (Å²) in [6, 6.07) is 1.39. The molecule has 1 aliphatic rings. The van der Waals surface area contributed by atoms with E-state index in [1.165, 1.54) is 0 Å². The molecule has 1 unspecified atom stereocenters. The molecule has 20 heavy (non-hydrogen) atoms. The molecule has 1 saturated heterocycles. The van der Waals surface area contributed by atoms with E-state index in [1.54, 1.807) is 0 Å². The van der Waals surface area contributed by atoms with Crippen LogP contribution in [0.4, 0.5) is 17.1 Å². The maximum atomic E-state index is 13.0. The Labute approximate surface area is 112 Å². The monoisotopic (exact) mass is 311 g/mol. The summed E-state index contributed by atoms with van der Waals surface area (Å²) in [7, 11) is -4.85. The SMILES string of the molecule is O=C1CC(S(=O)(=O)F)CN1Cc1cc(F)c(F)c(F)c1. The largest absolute Gasteiger partial charge is 0.337 e. The molecule has 9 heteroatoms. The van der Waals surface area contributed by atoms with Crippen molar-refractivity contribution in [2.45, 2.75) is 18.2 Å². The van der Waals surface area contributed by atoms with Gasteiger partial charge in [0.15, 0.2) is 17.5 Å². The van der Waals surface area contributed by atoms with Gasteiger partial charge in [0.25, 0.3) is 0 Å². The van der Waals surface area contributed by atoms with Crippen LogP contribution in [0, 0.1) is 17.5 Å². The van der Waals surface area contributed by atoms with E-state index < -0.39 is 51.8 Å². The van der Waals surface area contributed by atoms with E-state index in [9.17, 15) is 30.3 Å². The van der Waals surface area contributed by atoms with Crippen LogP contribution in [0.3, 0.4) is 0 Å². The highest BCUT2D eigenvalue weighted by Gasteiger charge is 2.38. The summed E-state index contributed by atoms with van der Waals surface area (Å²) in [5.41, 5.74) is -0.0494. The number of nitrogens with zero attached hydrogens (tertiary/aromatic N) is 1. The van der Waals surface area contributed by atoms with Crippen LogP contribution in [0.25, 0.3) is 0 Å². The molecule has 1 aromatic carbocycles. The van der Waals surface area contributed by atoms with Crippen molar-refractivity contribution in [2.75, 3.05) is 6.54 Å². The lowest BCUT2D eigenvalue weighted by atomic mass is 10.2. The molecule has 1 heterocycles. The van der Waals surface area contributed by atoms with E-state index in [1.807, 2.05) is 0 Å². The first-order valence-electron chi connectivity index (χ1n) is 5.53. The molecule has 0 radical (unpaired) electrons. The normalized spacial score (nSPS) is 19.7. The van der Waals surface area contributed by atoms with Crippen molar-refractivity contribution in [1.29, 1.82) is 0 Å². The Balaban J connectivity index is 2.17. The van der Waals surface area contributed by atoms with Gasteiger partial charge in [-0.1, -0.05) is 0 Å². The topological polar surface area (TPSA) is 54.5 Å². The average molecular weight is 311 g/mol. The summed E-state index contributed by atoms with van der Waals surface area (Å²) in [5.74, 6) is -5.12. The smallest absolute Gasteiger partial charge is 0.307 e. The predicted molar refractivity (Wildman–Crippen MR) is 60.2 cm³/mol. The zero-order chi connectivity index (χ0) is 15.1. The van der Waals surface area contributed by atoms with Gasteiger partial charge in [-0.25, -0.2) is 13.2 Å². The molecule has 0 bridgehead atoms. The molecular weight excluding hydrogens is 302 g/mol. The zero-order valence-electron chi connectivity index (χ0n) is 9.95. The van der Waals surface area contributed by atoms with Gasteiger partial charge in [-0.05, 0) is 17.7 Å².